The van der Waals surface area contributed by atoms with E-state index in [1.54, 1.807) is 6.07 Å². The highest BCUT2D eigenvalue weighted by Gasteiger charge is 2.05. The van der Waals surface area contributed by atoms with Gasteiger partial charge in [0.05, 0.1) is 0 Å². The molecule has 0 spiro atoms. The average molecular weight is 215 g/mol. The van der Waals surface area contributed by atoms with E-state index in [9.17, 15) is 5.11 Å². The maximum Gasteiger partial charge on any atom is 0.119 e. The predicted octanol–water partition coefficient (Wildman–Crippen LogP) is 3.08. The van der Waals surface area contributed by atoms with E-state index in [4.69, 9.17) is 0 Å². The molecule has 1 aromatic rings. The van der Waals surface area contributed by atoms with Crippen molar-refractivity contribution in [2.75, 3.05) is 0 Å². The Morgan fingerprint density at radius 2 is 1.64 bits per heavy atom. The van der Waals surface area contributed by atoms with Gasteiger partial charge in [0.1, 0.15) is 5.75 Å². The van der Waals surface area contributed by atoms with Crippen LogP contribution in [-0.2, 0) is 0 Å². The topological polar surface area (TPSA) is 20.2 Å². The Kier molecular flexibility index (Phi) is 2.23. The fourth-order valence-corrected chi connectivity index (χ4v) is 1.50. The summed E-state index contributed by atoms with van der Waals surface area (Å²) in [6.07, 6.45) is 0. The highest BCUT2D eigenvalue weighted by Crippen LogP contribution is 2.29. The van der Waals surface area contributed by atoms with Crippen molar-refractivity contribution in [2.45, 2.75) is 20.8 Å². The minimum absolute atomic E-state index is 0.361. The minimum Gasteiger partial charge on any atom is -0.508 e. The molecule has 1 N–H and O–H groups in total. The van der Waals surface area contributed by atoms with Crippen LogP contribution < -0.4 is 0 Å². The molecule has 0 bridgehead atoms. The van der Waals surface area contributed by atoms with Crippen LogP contribution in [0.3, 0.4) is 0 Å². The summed E-state index contributed by atoms with van der Waals surface area (Å²) in [6.45, 7) is 5.96. The van der Waals surface area contributed by atoms with Crippen LogP contribution in [0.25, 0.3) is 0 Å². The first kappa shape index (κ1) is 8.60. The summed E-state index contributed by atoms with van der Waals surface area (Å²) < 4.78 is 0.970. The van der Waals surface area contributed by atoms with Crippen LogP contribution >= 0.6 is 15.9 Å². The molecule has 0 aromatic heterocycles. The molecule has 60 valence electrons. The van der Waals surface area contributed by atoms with Gasteiger partial charge in [0.2, 0.25) is 0 Å². The summed E-state index contributed by atoms with van der Waals surface area (Å²) in [7, 11) is 0. The van der Waals surface area contributed by atoms with Gasteiger partial charge in [0, 0.05) is 4.47 Å². The highest BCUT2D eigenvalue weighted by atomic mass is 79.9. The van der Waals surface area contributed by atoms with Gasteiger partial charge >= 0.3 is 0 Å². The lowest BCUT2D eigenvalue weighted by Crippen LogP contribution is -1.87. The number of aromatic hydroxyl groups is 1. The molecule has 2 heteroatoms. The van der Waals surface area contributed by atoms with Gasteiger partial charge in [-0.3, -0.25) is 0 Å². The third-order valence-corrected chi connectivity index (χ3v) is 2.95. The number of rotatable bonds is 0. The first-order chi connectivity index (χ1) is 5.04. The zero-order valence-electron chi connectivity index (χ0n) is 6.90. The van der Waals surface area contributed by atoms with Crippen molar-refractivity contribution in [1.82, 2.24) is 0 Å². The Morgan fingerprint density at radius 3 is 2.18 bits per heavy atom. The number of phenols is 1. The molecule has 0 heterocycles. The van der Waals surface area contributed by atoms with E-state index >= 15 is 0 Å². The zero-order chi connectivity index (χ0) is 8.59. The van der Waals surface area contributed by atoms with Crippen LogP contribution in [0.1, 0.15) is 16.7 Å². The van der Waals surface area contributed by atoms with Crippen LogP contribution in [-0.4, -0.2) is 5.11 Å². The normalized spacial score (nSPS) is 10.2. The van der Waals surface area contributed by atoms with Crippen molar-refractivity contribution in [3.63, 3.8) is 0 Å². The molecule has 1 nitrogen and oxygen atoms in total. The molecule has 0 amide bonds. The summed E-state index contributed by atoms with van der Waals surface area (Å²) >= 11 is 3.37. The van der Waals surface area contributed by atoms with E-state index in [1.165, 1.54) is 5.56 Å². The van der Waals surface area contributed by atoms with E-state index in [2.05, 4.69) is 15.9 Å². The average Bonchev–Trinajstić information content (AvgIpc) is 1.97. The van der Waals surface area contributed by atoms with Crippen molar-refractivity contribution in [2.24, 2.45) is 0 Å². The molecule has 0 unspecified atom stereocenters. The van der Waals surface area contributed by atoms with Crippen molar-refractivity contribution < 1.29 is 5.11 Å². The summed E-state index contributed by atoms with van der Waals surface area (Å²) in [5.41, 5.74) is 3.31. The maximum atomic E-state index is 9.38. The smallest absolute Gasteiger partial charge is 0.119 e. The minimum atomic E-state index is 0.361. The predicted molar refractivity (Wildman–Crippen MR) is 50.0 cm³/mol. The van der Waals surface area contributed by atoms with Gasteiger partial charge in [0.15, 0.2) is 0 Å². The molecule has 0 aliphatic rings. The fourth-order valence-electron chi connectivity index (χ4n) is 0.989. The lowest BCUT2D eigenvalue weighted by Gasteiger charge is -2.08. The second-order valence-corrected chi connectivity index (χ2v) is 3.61. The van der Waals surface area contributed by atoms with Crippen LogP contribution in [0.5, 0.6) is 5.75 Å². The van der Waals surface area contributed by atoms with Gasteiger partial charge in [-0.1, -0.05) is 15.9 Å². The number of benzene rings is 1. The standard InChI is InChI=1S/C9H11BrO/c1-5-6(2)8(10)4-9(11)7(5)3/h4,11H,1-3H3. The molecular formula is C9H11BrO. The third kappa shape index (κ3) is 1.41. The fraction of sp³-hybridized carbons (Fsp3) is 0.333. The van der Waals surface area contributed by atoms with E-state index < -0.39 is 0 Å². The van der Waals surface area contributed by atoms with Gasteiger partial charge in [0.25, 0.3) is 0 Å². The maximum absolute atomic E-state index is 9.38. The summed E-state index contributed by atoms with van der Waals surface area (Å²) in [5, 5.41) is 9.38. The van der Waals surface area contributed by atoms with Gasteiger partial charge in [-0.25, -0.2) is 0 Å². The lowest BCUT2D eigenvalue weighted by atomic mass is 10.0. The monoisotopic (exact) mass is 214 g/mol. The second kappa shape index (κ2) is 2.86. The number of halogens is 1. The highest BCUT2D eigenvalue weighted by molar-refractivity contribution is 9.10. The molecule has 0 fully saturated rings. The molecule has 0 saturated heterocycles. The largest absolute Gasteiger partial charge is 0.508 e. The summed E-state index contributed by atoms with van der Waals surface area (Å²) in [5.74, 6) is 0.361. The van der Waals surface area contributed by atoms with Gasteiger partial charge in [-0.05, 0) is 43.5 Å². The first-order valence-electron chi connectivity index (χ1n) is 3.49. The quantitative estimate of drug-likeness (QED) is 0.705. The van der Waals surface area contributed by atoms with Crippen molar-refractivity contribution in [3.05, 3.63) is 27.2 Å². The van der Waals surface area contributed by atoms with Crippen LogP contribution in [0, 0.1) is 20.8 Å². The van der Waals surface area contributed by atoms with Crippen LogP contribution in [0.4, 0.5) is 0 Å². The Labute approximate surface area is 75.2 Å². The van der Waals surface area contributed by atoms with Crippen molar-refractivity contribution in [1.29, 1.82) is 0 Å². The Bertz CT molecular complexity index is 266. The zero-order valence-corrected chi connectivity index (χ0v) is 8.49. The SMILES string of the molecule is Cc1c(O)cc(Br)c(C)c1C. The Hall–Kier alpha value is -0.500. The Morgan fingerprint density at radius 1 is 1.09 bits per heavy atom. The molecule has 0 radical (unpaired) electrons. The second-order valence-electron chi connectivity index (χ2n) is 2.75. The van der Waals surface area contributed by atoms with Crippen molar-refractivity contribution >= 4 is 15.9 Å². The Balaban J connectivity index is 3.46. The van der Waals surface area contributed by atoms with E-state index in [-0.39, 0.29) is 0 Å². The van der Waals surface area contributed by atoms with Crippen molar-refractivity contribution in [3.8, 4) is 5.75 Å². The molecule has 1 aromatic carbocycles. The number of phenolic OH excluding ortho intramolecular Hbond substituents is 1. The molecule has 0 aliphatic carbocycles. The number of hydrogen-bond acceptors (Lipinski definition) is 1. The molecule has 0 atom stereocenters. The van der Waals surface area contributed by atoms with E-state index in [0.29, 0.717) is 5.75 Å². The van der Waals surface area contributed by atoms with Gasteiger partial charge in [-0.2, -0.15) is 0 Å². The molecule has 11 heavy (non-hydrogen) atoms. The van der Waals surface area contributed by atoms with Crippen LogP contribution in [0.15, 0.2) is 10.5 Å². The van der Waals surface area contributed by atoms with E-state index in [0.717, 1.165) is 15.6 Å². The summed E-state index contributed by atoms with van der Waals surface area (Å²) in [4.78, 5) is 0. The first-order valence-corrected chi connectivity index (χ1v) is 4.28. The lowest BCUT2D eigenvalue weighted by molar-refractivity contribution is 0.470. The van der Waals surface area contributed by atoms with Gasteiger partial charge < -0.3 is 5.11 Å². The molecule has 1 rings (SSSR count). The third-order valence-electron chi connectivity index (χ3n) is 2.13. The molecular weight excluding hydrogens is 204 g/mol. The van der Waals surface area contributed by atoms with E-state index in [1.807, 2.05) is 20.8 Å². The molecule has 0 aliphatic heterocycles. The molecule has 0 saturated carbocycles. The van der Waals surface area contributed by atoms with Crippen LogP contribution in [0.2, 0.25) is 0 Å². The number of hydrogen-bond donors (Lipinski definition) is 1. The van der Waals surface area contributed by atoms with Gasteiger partial charge in [-0.15, -0.1) is 0 Å². The summed E-state index contributed by atoms with van der Waals surface area (Å²) in [6, 6.07) is 1.73.